The lowest BCUT2D eigenvalue weighted by Gasteiger charge is -2.19. The number of carbonyl (C=O) groups is 3. The molecule has 0 aliphatic heterocycles. The van der Waals surface area contributed by atoms with Gasteiger partial charge in [0.25, 0.3) is 0 Å². The van der Waals surface area contributed by atoms with Gasteiger partial charge in [-0.2, -0.15) is 0 Å². The van der Waals surface area contributed by atoms with Crippen LogP contribution in [0.4, 0.5) is 0 Å². The summed E-state index contributed by atoms with van der Waals surface area (Å²) >= 11 is 0. The van der Waals surface area contributed by atoms with Crippen molar-refractivity contribution in [2.24, 2.45) is 5.92 Å². The van der Waals surface area contributed by atoms with Crippen molar-refractivity contribution in [1.82, 2.24) is 10.2 Å². The van der Waals surface area contributed by atoms with Gasteiger partial charge in [0.1, 0.15) is 0 Å². The van der Waals surface area contributed by atoms with Gasteiger partial charge >= 0.3 is 5.97 Å². The van der Waals surface area contributed by atoms with Crippen LogP contribution in [0.1, 0.15) is 20.3 Å². The molecule has 0 radical (unpaired) electrons. The second-order valence-electron chi connectivity index (χ2n) is 3.75. The molecule has 16 heavy (non-hydrogen) atoms. The molecule has 0 aliphatic rings. The molecule has 6 nitrogen and oxygen atoms in total. The van der Waals surface area contributed by atoms with E-state index in [9.17, 15) is 14.4 Å². The summed E-state index contributed by atoms with van der Waals surface area (Å²) in [4.78, 5) is 33.9. The van der Waals surface area contributed by atoms with Crippen molar-refractivity contribution in [2.75, 3.05) is 20.1 Å². The van der Waals surface area contributed by atoms with E-state index >= 15 is 0 Å². The van der Waals surface area contributed by atoms with Gasteiger partial charge < -0.3 is 15.3 Å². The first-order valence-corrected chi connectivity index (χ1v) is 5.05. The molecule has 1 unspecified atom stereocenters. The third-order valence-corrected chi connectivity index (χ3v) is 2.11. The Kier molecular flexibility index (Phi) is 6.14. The van der Waals surface area contributed by atoms with Crippen molar-refractivity contribution >= 4 is 17.8 Å². The molecule has 0 aromatic carbocycles. The van der Waals surface area contributed by atoms with Gasteiger partial charge in [0.15, 0.2) is 0 Å². The van der Waals surface area contributed by atoms with Crippen molar-refractivity contribution in [1.29, 1.82) is 0 Å². The van der Waals surface area contributed by atoms with E-state index in [-0.39, 0.29) is 31.3 Å². The summed E-state index contributed by atoms with van der Waals surface area (Å²) in [7, 11) is 1.55. The maximum absolute atomic E-state index is 11.5. The summed E-state index contributed by atoms with van der Waals surface area (Å²) in [6, 6.07) is 0. The maximum Gasteiger partial charge on any atom is 0.308 e. The van der Waals surface area contributed by atoms with Crippen molar-refractivity contribution in [2.45, 2.75) is 20.3 Å². The highest BCUT2D eigenvalue weighted by Gasteiger charge is 2.16. The quantitative estimate of drug-likeness (QED) is 0.655. The Hall–Kier alpha value is -1.59. The second kappa shape index (κ2) is 6.81. The van der Waals surface area contributed by atoms with Crippen molar-refractivity contribution in [3.05, 3.63) is 0 Å². The average molecular weight is 230 g/mol. The Morgan fingerprint density at radius 3 is 2.38 bits per heavy atom. The van der Waals surface area contributed by atoms with E-state index in [4.69, 9.17) is 5.11 Å². The molecule has 0 heterocycles. The summed E-state index contributed by atoms with van der Waals surface area (Å²) in [5.74, 6) is -1.88. The summed E-state index contributed by atoms with van der Waals surface area (Å²) < 4.78 is 0. The molecule has 6 heteroatoms. The molecule has 0 spiro atoms. The van der Waals surface area contributed by atoms with Gasteiger partial charge in [-0.25, -0.2) is 0 Å². The molecule has 0 aromatic rings. The van der Waals surface area contributed by atoms with Crippen LogP contribution < -0.4 is 5.32 Å². The normalized spacial score (nSPS) is 11.7. The first-order valence-electron chi connectivity index (χ1n) is 5.05. The molecule has 0 fully saturated rings. The SMILES string of the molecule is CC(=O)NCCC(=O)N(C)CC(C)C(=O)O. The second-order valence-corrected chi connectivity index (χ2v) is 3.75. The van der Waals surface area contributed by atoms with Crippen molar-refractivity contribution in [3.63, 3.8) is 0 Å². The van der Waals surface area contributed by atoms with Crippen molar-refractivity contribution in [3.8, 4) is 0 Å². The zero-order valence-corrected chi connectivity index (χ0v) is 9.82. The average Bonchev–Trinajstić information content (AvgIpc) is 2.16. The fourth-order valence-corrected chi connectivity index (χ4v) is 1.13. The standard InChI is InChI=1S/C10H18N2O4/c1-7(10(15)16)6-12(3)9(14)4-5-11-8(2)13/h7H,4-6H2,1-3H3,(H,11,13)(H,15,16). The van der Waals surface area contributed by atoms with Crippen LogP contribution in [0.2, 0.25) is 0 Å². The predicted octanol–water partition coefficient (Wildman–Crippen LogP) is -0.308. The number of carboxylic acids is 1. The molecule has 0 rings (SSSR count). The largest absolute Gasteiger partial charge is 0.481 e. The number of nitrogens with one attached hydrogen (secondary N) is 1. The fraction of sp³-hybridized carbons (Fsp3) is 0.700. The molecule has 0 bridgehead atoms. The first kappa shape index (κ1) is 14.4. The van der Waals surface area contributed by atoms with Crippen LogP contribution in [-0.2, 0) is 14.4 Å². The molecule has 92 valence electrons. The first-order chi connectivity index (χ1) is 7.34. The number of rotatable bonds is 6. The van der Waals surface area contributed by atoms with Crippen LogP contribution >= 0.6 is 0 Å². The van der Waals surface area contributed by atoms with E-state index in [1.807, 2.05) is 0 Å². The predicted molar refractivity (Wildman–Crippen MR) is 57.7 cm³/mol. The van der Waals surface area contributed by atoms with Gasteiger partial charge in [-0.1, -0.05) is 6.92 Å². The van der Waals surface area contributed by atoms with Crippen LogP contribution in [0.5, 0.6) is 0 Å². The number of carbonyl (C=O) groups excluding carboxylic acids is 2. The van der Waals surface area contributed by atoms with E-state index in [0.717, 1.165) is 0 Å². The Morgan fingerprint density at radius 1 is 1.38 bits per heavy atom. The highest BCUT2D eigenvalue weighted by molar-refractivity contribution is 5.78. The van der Waals surface area contributed by atoms with E-state index < -0.39 is 11.9 Å². The molecule has 0 saturated carbocycles. The minimum Gasteiger partial charge on any atom is -0.481 e. The molecule has 2 N–H and O–H groups in total. The minimum absolute atomic E-state index is 0.175. The van der Waals surface area contributed by atoms with Gasteiger partial charge in [0.2, 0.25) is 11.8 Å². The molecule has 0 aliphatic carbocycles. The Balaban J connectivity index is 3.90. The Labute approximate surface area is 94.6 Å². The topological polar surface area (TPSA) is 86.7 Å². The molecule has 1 atom stereocenters. The van der Waals surface area contributed by atoms with Crippen LogP contribution in [0.25, 0.3) is 0 Å². The summed E-state index contributed by atoms with van der Waals surface area (Å²) in [6.07, 6.45) is 0.183. The number of amides is 2. The third kappa shape index (κ3) is 6.00. The third-order valence-electron chi connectivity index (χ3n) is 2.11. The van der Waals surface area contributed by atoms with Gasteiger partial charge in [-0.15, -0.1) is 0 Å². The molecule has 0 aromatic heterocycles. The van der Waals surface area contributed by atoms with Gasteiger partial charge in [-0.05, 0) is 0 Å². The Morgan fingerprint density at radius 2 is 1.94 bits per heavy atom. The monoisotopic (exact) mass is 230 g/mol. The lowest BCUT2D eigenvalue weighted by Crippen LogP contribution is -2.35. The molecule has 0 saturated heterocycles. The highest BCUT2D eigenvalue weighted by Crippen LogP contribution is 1.99. The summed E-state index contributed by atoms with van der Waals surface area (Å²) in [5, 5.41) is 11.2. The number of nitrogens with zero attached hydrogens (tertiary/aromatic N) is 1. The smallest absolute Gasteiger partial charge is 0.308 e. The van der Waals surface area contributed by atoms with E-state index in [1.54, 1.807) is 14.0 Å². The lowest BCUT2D eigenvalue weighted by atomic mass is 10.1. The highest BCUT2D eigenvalue weighted by atomic mass is 16.4. The Bertz CT molecular complexity index is 278. The number of carboxylic acid groups (broad SMARTS) is 1. The van der Waals surface area contributed by atoms with Crippen molar-refractivity contribution < 1.29 is 19.5 Å². The van der Waals surface area contributed by atoms with E-state index in [2.05, 4.69) is 5.32 Å². The van der Waals surface area contributed by atoms with Crippen LogP contribution in [-0.4, -0.2) is 47.9 Å². The number of hydrogen-bond donors (Lipinski definition) is 2. The molecular formula is C10H18N2O4. The van der Waals surface area contributed by atoms with Gasteiger partial charge in [0.05, 0.1) is 5.92 Å². The minimum atomic E-state index is -0.929. The lowest BCUT2D eigenvalue weighted by molar-refractivity contribution is -0.142. The van der Waals surface area contributed by atoms with E-state index in [0.29, 0.717) is 0 Å². The molecule has 2 amide bonds. The number of hydrogen-bond acceptors (Lipinski definition) is 3. The van der Waals surface area contributed by atoms with Crippen LogP contribution in [0, 0.1) is 5.92 Å². The maximum atomic E-state index is 11.5. The fourth-order valence-electron chi connectivity index (χ4n) is 1.13. The number of aliphatic carboxylic acids is 1. The summed E-state index contributed by atoms with van der Waals surface area (Å²) in [5.41, 5.74) is 0. The van der Waals surface area contributed by atoms with E-state index in [1.165, 1.54) is 11.8 Å². The van der Waals surface area contributed by atoms with Gasteiger partial charge in [-0.3, -0.25) is 14.4 Å². The van der Waals surface area contributed by atoms with Crippen LogP contribution in [0.15, 0.2) is 0 Å². The van der Waals surface area contributed by atoms with Crippen LogP contribution in [0.3, 0.4) is 0 Å². The zero-order chi connectivity index (χ0) is 12.7. The molecular weight excluding hydrogens is 212 g/mol. The van der Waals surface area contributed by atoms with Gasteiger partial charge in [0, 0.05) is 33.5 Å². The zero-order valence-electron chi connectivity index (χ0n) is 9.82. The summed E-state index contributed by atoms with van der Waals surface area (Å²) in [6.45, 7) is 3.37.